The zero-order valence-corrected chi connectivity index (χ0v) is 14.3. The zero-order chi connectivity index (χ0) is 16.9. The molecule has 0 aromatic heterocycles. The fraction of sp³-hybridized carbons (Fsp3) is 0.611. The fourth-order valence-electron chi connectivity index (χ4n) is 2.37. The molecule has 2 rings (SSSR count). The number of carbonyl (C=O) groups is 1. The van der Waals surface area contributed by atoms with Gasteiger partial charge in [0.05, 0.1) is 12.6 Å². The molecule has 0 unspecified atom stereocenters. The number of ether oxygens (including phenoxy) is 2. The van der Waals surface area contributed by atoms with Crippen LogP contribution in [0.5, 0.6) is 5.75 Å². The molecule has 0 aliphatic carbocycles. The Kier molecular flexibility index (Phi) is 6.02. The Hall–Kier alpha value is -1.59. The Bertz CT molecular complexity index is 502. The van der Waals surface area contributed by atoms with Crippen molar-refractivity contribution in [2.45, 2.75) is 39.7 Å². The lowest BCUT2D eigenvalue weighted by Gasteiger charge is -2.25. The third-order valence-electron chi connectivity index (χ3n) is 4.16. The number of hydrogen-bond acceptors (Lipinski definition) is 4. The van der Waals surface area contributed by atoms with Crippen LogP contribution in [-0.4, -0.2) is 31.8 Å². The Labute approximate surface area is 138 Å². The van der Waals surface area contributed by atoms with Crippen LogP contribution >= 0.6 is 0 Å². The van der Waals surface area contributed by atoms with Crippen molar-refractivity contribution in [2.24, 2.45) is 17.1 Å². The number of hydrogen-bond donors (Lipinski definition) is 2. The van der Waals surface area contributed by atoms with E-state index in [0.29, 0.717) is 12.5 Å². The van der Waals surface area contributed by atoms with Crippen LogP contribution in [0.1, 0.15) is 33.6 Å². The first kappa shape index (κ1) is 17.8. The number of benzene rings is 1. The molecule has 0 radical (unpaired) electrons. The van der Waals surface area contributed by atoms with Gasteiger partial charge in [-0.3, -0.25) is 4.79 Å². The van der Waals surface area contributed by atoms with Gasteiger partial charge in [0.15, 0.2) is 0 Å². The second-order valence-corrected chi connectivity index (χ2v) is 7.22. The minimum Gasteiger partial charge on any atom is -0.493 e. The molecule has 0 saturated carbocycles. The highest BCUT2D eigenvalue weighted by molar-refractivity contribution is 5.95. The second kappa shape index (κ2) is 7.79. The van der Waals surface area contributed by atoms with Crippen LogP contribution in [0.15, 0.2) is 24.3 Å². The average Bonchev–Trinajstić information content (AvgIpc) is 2.53. The molecule has 5 nitrogen and oxygen atoms in total. The van der Waals surface area contributed by atoms with Crippen molar-refractivity contribution < 1.29 is 14.3 Å². The predicted octanol–water partition coefficient (Wildman–Crippen LogP) is 2.80. The monoisotopic (exact) mass is 320 g/mol. The molecule has 23 heavy (non-hydrogen) atoms. The van der Waals surface area contributed by atoms with Gasteiger partial charge in [-0.25, -0.2) is 0 Å². The molecule has 1 aliphatic heterocycles. The molecule has 1 fully saturated rings. The van der Waals surface area contributed by atoms with Crippen molar-refractivity contribution in [1.82, 2.24) is 0 Å². The Morgan fingerprint density at radius 3 is 2.48 bits per heavy atom. The maximum absolute atomic E-state index is 12.1. The van der Waals surface area contributed by atoms with Gasteiger partial charge in [0, 0.05) is 18.9 Å². The number of amides is 1. The van der Waals surface area contributed by atoms with E-state index in [1.807, 2.05) is 45.0 Å². The molecule has 1 atom stereocenters. The van der Waals surface area contributed by atoms with Gasteiger partial charge in [-0.1, -0.05) is 20.8 Å². The lowest BCUT2D eigenvalue weighted by Crippen LogP contribution is -2.45. The summed E-state index contributed by atoms with van der Waals surface area (Å²) in [7, 11) is 0. The summed E-state index contributed by atoms with van der Waals surface area (Å²) in [5.41, 5.74) is 6.42. The lowest BCUT2D eigenvalue weighted by molar-refractivity contribution is -0.119. The second-order valence-electron chi connectivity index (χ2n) is 7.22. The normalized spacial score (nSPS) is 17.6. The molecule has 128 valence electrons. The van der Waals surface area contributed by atoms with E-state index in [-0.39, 0.29) is 11.3 Å². The maximum atomic E-state index is 12.1. The van der Waals surface area contributed by atoms with E-state index in [2.05, 4.69) is 5.32 Å². The fourth-order valence-corrected chi connectivity index (χ4v) is 2.37. The highest BCUT2D eigenvalue weighted by atomic mass is 16.5. The van der Waals surface area contributed by atoms with Gasteiger partial charge in [-0.05, 0) is 48.4 Å². The van der Waals surface area contributed by atoms with E-state index >= 15 is 0 Å². The van der Waals surface area contributed by atoms with Crippen LogP contribution in [0.4, 0.5) is 5.69 Å². The third kappa shape index (κ3) is 5.52. The molecular weight excluding hydrogens is 292 g/mol. The summed E-state index contributed by atoms with van der Waals surface area (Å²) in [6.45, 7) is 8.21. The molecule has 1 aromatic rings. The first-order chi connectivity index (χ1) is 10.9. The van der Waals surface area contributed by atoms with Crippen LogP contribution in [0.25, 0.3) is 0 Å². The molecule has 5 heteroatoms. The van der Waals surface area contributed by atoms with E-state index in [9.17, 15) is 4.79 Å². The SMILES string of the molecule is CC(C)(C)[C@H](N)C(=O)Nc1ccc(OCC2CCOCC2)cc1. The van der Waals surface area contributed by atoms with Crippen molar-refractivity contribution in [3.8, 4) is 5.75 Å². The first-order valence-electron chi connectivity index (χ1n) is 8.23. The molecule has 1 aromatic carbocycles. The Morgan fingerprint density at radius 1 is 1.30 bits per heavy atom. The summed E-state index contributed by atoms with van der Waals surface area (Å²) in [6.07, 6.45) is 2.11. The van der Waals surface area contributed by atoms with Gasteiger partial charge < -0.3 is 20.5 Å². The van der Waals surface area contributed by atoms with E-state index in [1.54, 1.807) is 0 Å². The van der Waals surface area contributed by atoms with E-state index in [1.165, 1.54) is 0 Å². The van der Waals surface area contributed by atoms with Crippen molar-refractivity contribution in [2.75, 3.05) is 25.1 Å². The van der Waals surface area contributed by atoms with Crippen molar-refractivity contribution >= 4 is 11.6 Å². The molecule has 1 heterocycles. The van der Waals surface area contributed by atoms with Gasteiger partial charge in [0.25, 0.3) is 0 Å². The van der Waals surface area contributed by atoms with Crippen LogP contribution < -0.4 is 15.8 Å². The van der Waals surface area contributed by atoms with E-state index in [0.717, 1.165) is 37.5 Å². The number of rotatable bonds is 5. The molecule has 1 aliphatic rings. The quantitative estimate of drug-likeness (QED) is 0.875. The molecule has 0 spiro atoms. The summed E-state index contributed by atoms with van der Waals surface area (Å²) in [5, 5.41) is 2.84. The highest BCUT2D eigenvalue weighted by Gasteiger charge is 2.27. The molecule has 3 N–H and O–H groups in total. The summed E-state index contributed by atoms with van der Waals surface area (Å²) in [5.74, 6) is 1.20. The number of nitrogens with one attached hydrogen (secondary N) is 1. The predicted molar refractivity (Wildman–Crippen MR) is 91.5 cm³/mol. The number of anilines is 1. The summed E-state index contributed by atoms with van der Waals surface area (Å²) < 4.78 is 11.2. The molecular formula is C18H28N2O3. The summed E-state index contributed by atoms with van der Waals surface area (Å²) in [4.78, 5) is 12.1. The summed E-state index contributed by atoms with van der Waals surface area (Å²) >= 11 is 0. The van der Waals surface area contributed by atoms with Crippen molar-refractivity contribution in [3.63, 3.8) is 0 Å². The zero-order valence-electron chi connectivity index (χ0n) is 14.3. The standard InChI is InChI=1S/C18H28N2O3/c1-18(2,3)16(19)17(21)20-14-4-6-15(7-5-14)23-12-13-8-10-22-11-9-13/h4-7,13,16H,8-12,19H2,1-3H3,(H,20,21)/t16-/m1/s1. The average molecular weight is 320 g/mol. The van der Waals surface area contributed by atoms with Gasteiger partial charge in [-0.15, -0.1) is 0 Å². The minimum atomic E-state index is -0.549. The van der Waals surface area contributed by atoms with Crippen LogP contribution in [0.3, 0.4) is 0 Å². The van der Waals surface area contributed by atoms with Crippen LogP contribution in [0.2, 0.25) is 0 Å². The molecule has 1 saturated heterocycles. The molecule has 1 amide bonds. The van der Waals surface area contributed by atoms with Crippen LogP contribution in [0, 0.1) is 11.3 Å². The van der Waals surface area contributed by atoms with E-state index < -0.39 is 6.04 Å². The smallest absolute Gasteiger partial charge is 0.241 e. The van der Waals surface area contributed by atoms with Gasteiger partial charge >= 0.3 is 0 Å². The third-order valence-corrected chi connectivity index (χ3v) is 4.16. The minimum absolute atomic E-state index is 0.173. The number of nitrogens with two attached hydrogens (primary N) is 1. The largest absolute Gasteiger partial charge is 0.493 e. The van der Waals surface area contributed by atoms with Crippen molar-refractivity contribution in [3.05, 3.63) is 24.3 Å². The van der Waals surface area contributed by atoms with E-state index in [4.69, 9.17) is 15.2 Å². The Balaban J connectivity index is 1.83. The first-order valence-corrected chi connectivity index (χ1v) is 8.23. The van der Waals surface area contributed by atoms with Crippen LogP contribution in [-0.2, 0) is 9.53 Å². The van der Waals surface area contributed by atoms with Gasteiger partial charge in [-0.2, -0.15) is 0 Å². The topological polar surface area (TPSA) is 73.6 Å². The summed E-state index contributed by atoms with van der Waals surface area (Å²) in [6, 6.07) is 6.88. The maximum Gasteiger partial charge on any atom is 0.241 e. The molecule has 0 bridgehead atoms. The highest BCUT2D eigenvalue weighted by Crippen LogP contribution is 2.21. The van der Waals surface area contributed by atoms with Gasteiger partial charge in [0.2, 0.25) is 5.91 Å². The van der Waals surface area contributed by atoms with Crippen molar-refractivity contribution in [1.29, 1.82) is 0 Å². The lowest BCUT2D eigenvalue weighted by atomic mass is 9.87. The van der Waals surface area contributed by atoms with Gasteiger partial charge in [0.1, 0.15) is 5.75 Å². The Morgan fingerprint density at radius 2 is 1.91 bits per heavy atom. The number of carbonyl (C=O) groups excluding carboxylic acids is 1.